The Morgan fingerprint density at radius 3 is 2.35 bits per heavy atom. The first-order valence-corrected chi connectivity index (χ1v) is 23.0. The Bertz CT molecular complexity index is 2300. The molecule has 3 N–H and O–H groups in total. The average molecular weight is 945 g/mol. The fourth-order valence-corrected chi connectivity index (χ4v) is 9.37. The number of carbonyl (C=O) groups is 4. The Morgan fingerprint density at radius 1 is 1.05 bits per heavy atom. The minimum Gasteiger partial charge on any atom is -0.491 e. The van der Waals surface area contributed by atoms with Crippen LogP contribution in [0.25, 0.3) is 11.0 Å². The fraction of sp³-hybridized carbons (Fsp3) is 0.674. The van der Waals surface area contributed by atoms with Gasteiger partial charge in [-0.05, 0) is 91.2 Å². The molecule has 0 radical (unpaired) electrons. The Labute approximate surface area is 374 Å². The molecule has 6 rings (SSSR count). The molecule has 3 heterocycles. The molecule has 4 amide bonds. The molecule has 65 heavy (non-hydrogen) atoms. The van der Waals surface area contributed by atoms with Crippen LogP contribution in [0, 0.1) is 17.8 Å². The van der Waals surface area contributed by atoms with Crippen LogP contribution in [0.4, 0.5) is 26.7 Å². The van der Waals surface area contributed by atoms with Gasteiger partial charge in [-0.3, -0.25) is 19.1 Å². The molecule has 16 nitrogen and oxygen atoms in total. The number of alkyl carbamates (subject to hydrolysis) is 1. The standard InChI is InChI=1S/C43H57F5N6O10S/c1-23(2)62-27-13-14-29-30(18-27)50-35(33(49-29)43(46,47)48)63-28-19-31-34(55)52-42(37(57)53-65(59,60)40(6)15-16-40)20-26(42)12-10-9-11-24(3)17-25(22-61-8)32(36(56)54(31)21-28)51-38(58)64-39(4,5)41(7,44)45/h10,12-14,18,23-26,28,31-32H,9,11,15-17,19-22H2,1-8H3,(H,51,58)(H,52,55)(H,53,57)/t24-,25+,26-,28-,31+,32+,42-/m1/s1. The zero-order valence-electron chi connectivity index (χ0n) is 37.5. The smallest absolute Gasteiger partial charge is 0.438 e. The van der Waals surface area contributed by atoms with Gasteiger partial charge in [-0.15, -0.1) is 0 Å². The summed E-state index contributed by atoms with van der Waals surface area (Å²) >= 11 is 0. The second kappa shape index (κ2) is 18.1. The molecule has 2 aliphatic heterocycles. The number of carbonyl (C=O) groups excluding carboxylic acids is 4. The maximum absolute atomic E-state index is 15.1. The Balaban J connectivity index is 1.42. The summed E-state index contributed by atoms with van der Waals surface area (Å²) in [6, 6.07) is 0.876. The van der Waals surface area contributed by atoms with Crippen molar-refractivity contribution in [3.63, 3.8) is 0 Å². The third-order valence-electron chi connectivity index (χ3n) is 12.7. The van der Waals surface area contributed by atoms with Crippen molar-refractivity contribution >= 4 is 44.9 Å². The van der Waals surface area contributed by atoms with E-state index >= 15 is 4.79 Å². The highest BCUT2D eigenvalue weighted by Gasteiger charge is 2.63. The van der Waals surface area contributed by atoms with E-state index in [-0.39, 0.29) is 48.3 Å². The summed E-state index contributed by atoms with van der Waals surface area (Å²) in [7, 11) is -2.84. The number of methoxy groups -OCH3 is 1. The first kappa shape index (κ1) is 49.6. The van der Waals surface area contributed by atoms with Crippen LogP contribution in [0.3, 0.4) is 0 Å². The van der Waals surface area contributed by atoms with Crippen LogP contribution in [0.5, 0.6) is 11.6 Å². The molecule has 2 aromatic rings. The molecule has 0 unspecified atom stereocenters. The largest absolute Gasteiger partial charge is 0.491 e. The number of nitrogens with zero attached hydrogens (tertiary/aromatic N) is 3. The quantitative estimate of drug-likeness (QED) is 0.170. The molecule has 3 fully saturated rings. The number of allylic oxidation sites excluding steroid dienone is 1. The number of hydrogen-bond acceptors (Lipinski definition) is 12. The molecule has 22 heteroatoms. The number of amides is 4. The zero-order chi connectivity index (χ0) is 48.1. The maximum Gasteiger partial charge on any atom is 0.438 e. The van der Waals surface area contributed by atoms with Crippen LogP contribution < -0.4 is 24.8 Å². The highest BCUT2D eigenvalue weighted by atomic mass is 32.2. The number of ether oxygens (including phenoxy) is 4. The monoisotopic (exact) mass is 944 g/mol. The normalized spacial score (nSPS) is 27.4. The molecule has 2 aliphatic carbocycles. The van der Waals surface area contributed by atoms with Gasteiger partial charge >= 0.3 is 12.3 Å². The first-order valence-electron chi connectivity index (χ1n) is 21.5. The summed E-state index contributed by atoms with van der Waals surface area (Å²) in [6.07, 6.45) is -3.38. The predicted molar refractivity (Wildman–Crippen MR) is 224 cm³/mol. The van der Waals surface area contributed by atoms with Gasteiger partial charge < -0.3 is 34.5 Å². The Kier molecular flexibility index (Phi) is 13.8. The van der Waals surface area contributed by atoms with Crippen molar-refractivity contribution in [2.45, 2.75) is 146 Å². The van der Waals surface area contributed by atoms with E-state index in [0.29, 0.717) is 32.6 Å². The molecule has 2 saturated carbocycles. The van der Waals surface area contributed by atoms with Crippen molar-refractivity contribution in [3.05, 3.63) is 36.0 Å². The molecule has 1 aromatic carbocycles. The van der Waals surface area contributed by atoms with Crippen molar-refractivity contribution in [2.24, 2.45) is 17.8 Å². The van der Waals surface area contributed by atoms with Crippen molar-refractivity contribution in [1.29, 1.82) is 0 Å². The summed E-state index contributed by atoms with van der Waals surface area (Å²) in [5.74, 6) is -8.90. The summed E-state index contributed by atoms with van der Waals surface area (Å²) in [5.41, 5.74) is -5.81. The minimum absolute atomic E-state index is 0.0165. The molecule has 7 atom stereocenters. The number of nitrogens with one attached hydrogen (secondary N) is 3. The van der Waals surface area contributed by atoms with E-state index in [1.807, 2.05) is 6.92 Å². The fourth-order valence-electron chi connectivity index (χ4n) is 8.06. The summed E-state index contributed by atoms with van der Waals surface area (Å²) < 4.78 is 123. The lowest BCUT2D eigenvalue weighted by molar-refractivity contribution is -0.152. The van der Waals surface area contributed by atoms with Crippen LogP contribution in [-0.4, -0.2) is 113 Å². The van der Waals surface area contributed by atoms with E-state index in [1.165, 1.54) is 32.2 Å². The number of benzene rings is 1. The van der Waals surface area contributed by atoms with Crippen LogP contribution in [0.2, 0.25) is 0 Å². The zero-order valence-corrected chi connectivity index (χ0v) is 38.3. The first-order chi connectivity index (χ1) is 30.1. The predicted octanol–water partition coefficient (Wildman–Crippen LogP) is 5.82. The van der Waals surface area contributed by atoms with Crippen molar-refractivity contribution in [2.75, 3.05) is 20.3 Å². The lowest BCUT2D eigenvalue weighted by atomic mass is 9.87. The summed E-state index contributed by atoms with van der Waals surface area (Å²) in [4.78, 5) is 66.1. The van der Waals surface area contributed by atoms with Gasteiger partial charge in [-0.25, -0.2) is 32.0 Å². The van der Waals surface area contributed by atoms with Gasteiger partial charge in [0.05, 0.1) is 35.0 Å². The lowest BCUT2D eigenvalue weighted by Gasteiger charge is -2.35. The number of fused-ring (bicyclic) bond motifs is 3. The van der Waals surface area contributed by atoms with E-state index in [1.54, 1.807) is 26.0 Å². The topological polar surface area (TPSA) is 204 Å². The second-order valence-electron chi connectivity index (χ2n) is 18.8. The number of hydrogen-bond donors (Lipinski definition) is 3. The second-order valence-corrected chi connectivity index (χ2v) is 21.0. The number of sulfonamides is 1. The van der Waals surface area contributed by atoms with E-state index in [4.69, 9.17) is 18.9 Å². The molecular formula is C43H57F5N6O10S. The van der Waals surface area contributed by atoms with Crippen molar-refractivity contribution in [1.82, 2.24) is 30.2 Å². The van der Waals surface area contributed by atoms with E-state index in [2.05, 4.69) is 25.3 Å². The third kappa shape index (κ3) is 10.9. The van der Waals surface area contributed by atoms with E-state index < -0.39 is 116 Å². The Morgan fingerprint density at radius 2 is 1.74 bits per heavy atom. The summed E-state index contributed by atoms with van der Waals surface area (Å²) in [6.45, 7) is 8.63. The van der Waals surface area contributed by atoms with Gasteiger partial charge in [0, 0.05) is 38.4 Å². The number of alkyl halides is 5. The minimum atomic E-state index is -5.09. The van der Waals surface area contributed by atoms with Crippen LogP contribution in [0.1, 0.15) is 99.1 Å². The Hall–Kier alpha value is -4.86. The van der Waals surface area contributed by atoms with Crippen LogP contribution in [-0.2, 0) is 40.1 Å². The van der Waals surface area contributed by atoms with Gasteiger partial charge in [0.2, 0.25) is 33.4 Å². The number of rotatable bonds is 12. The van der Waals surface area contributed by atoms with Gasteiger partial charge in [0.25, 0.3) is 11.8 Å². The maximum atomic E-state index is 15.1. The highest BCUT2D eigenvalue weighted by Crippen LogP contribution is 2.48. The molecule has 1 saturated heterocycles. The molecule has 0 spiro atoms. The van der Waals surface area contributed by atoms with Crippen molar-refractivity contribution < 1.29 is 68.5 Å². The lowest BCUT2D eigenvalue weighted by Crippen LogP contribution is -2.60. The van der Waals surface area contributed by atoms with Crippen LogP contribution in [0.15, 0.2) is 30.4 Å². The van der Waals surface area contributed by atoms with Crippen LogP contribution >= 0.6 is 0 Å². The number of halogens is 5. The average Bonchev–Trinajstić information content (AvgIpc) is 4.06. The third-order valence-corrected chi connectivity index (χ3v) is 14.8. The van der Waals surface area contributed by atoms with E-state index in [0.717, 1.165) is 18.7 Å². The molecular weight excluding hydrogens is 888 g/mol. The highest BCUT2D eigenvalue weighted by molar-refractivity contribution is 7.91. The SMILES string of the molecule is COC[C@@H]1C[C@H](C)CCC=C[C@@H]2C[C@@]2(C(=O)NS(=O)(=O)C2(C)CC2)NC(=O)[C@@H]2C[C@@H](Oc3nc4cc(OC(C)C)ccc4nc3C(F)(F)F)CN2C(=O)[C@H]1NC(=O)OC(C)(C)C(C)(F)F. The van der Waals surface area contributed by atoms with Gasteiger partial charge in [-0.1, -0.05) is 19.1 Å². The number of aromatic nitrogens is 2. The molecule has 4 aliphatic rings. The van der Waals surface area contributed by atoms with Gasteiger partial charge in [0.15, 0.2) is 5.60 Å². The molecule has 360 valence electrons. The van der Waals surface area contributed by atoms with Crippen molar-refractivity contribution in [3.8, 4) is 11.6 Å². The molecule has 1 aromatic heterocycles. The van der Waals surface area contributed by atoms with Gasteiger partial charge in [-0.2, -0.15) is 13.2 Å². The van der Waals surface area contributed by atoms with E-state index in [9.17, 15) is 44.8 Å². The van der Waals surface area contributed by atoms with Gasteiger partial charge in [0.1, 0.15) is 29.5 Å². The molecule has 0 bridgehead atoms. The summed E-state index contributed by atoms with van der Waals surface area (Å²) in [5, 5.41) is 5.11.